The van der Waals surface area contributed by atoms with Gasteiger partial charge in [-0.1, -0.05) is 17.7 Å². The predicted octanol–water partition coefficient (Wildman–Crippen LogP) is 5.30. The normalized spacial score (nSPS) is 11.3. The zero-order valence-corrected chi connectivity index (χ0v) is 15.5. The minimum atomic E-state index is -4.57. The fourth-order valence-corrected chi connectivity index (χ4v) is 2.77. The number of carbonyl (C=O) groups excluding carboxylic acids is 1. The van der Waals surface area contributed by atoms with Gasteiger partial charge in [0.1, 0.15) is 5.69 Å². The van der Waals surface area contributed by atoms with Crippen molar-refractivity contribution >= 4 is 23.2 Å². The van der Waals surface area contributed by atoms with Crippen molar-refractivity contribution in [3.05, 3.63) is 88.5 Å². The van der Waals surface area contributed by atoms with Crippen LogP contribution < -0.4 is 4.90 Å². The Bertz CT molecular complexity index is 976. The molecule has 3 aromatic rings. The minimum absolute atomic E-state index is 0.000176. The molecule has 0 N–H and O–H groups in total. The molecule has 0 bridgehead atoms. The average molecular weight is 406 g/mol. The maximum atomic E-state index is 13.2. The van der Waals surface area contributed by atoms with E-state index in [4.69, 9.17) is 11.6 Å². The Balaban J connectivity index is 2.00. The molecule has 28 heavy (non-hydrogen) atoms. The molecule has 3 rings (SSSR count). The van der Waals surface area contributed by atoms with E-state index >= 15 is 0 Å². The highest BCUT2D eigenvalue weighted by Gasteiger charge is 2.33. The molecular weight excluding hydrogens is 391 g/mol. The summed E-state index contributed by atoms with van der Waals surface area (Å²) in [7, 11) is 0. The summed E-state index contributed by atoms with van der Waals surface area (Å²) in [5.41, 5.74) is 0.214. The van der Waals surface area contributed by atoms with Gasteiger partial charge >= 0.3 is 6.18 Å². The van der Waals surface area contributed by atoms with Crippen LogP contribution in [0.3, 0.4) is 0 Å². The molecular formula is C20H15ClF3N3O. The third kappa shape index (κ3) is 4.48. The van der Waals surface area contributed by atoms with Gasteiger partial charge in [0.15, 0.2) is 0 Å². The van der Waals surface area contributed by atoms with Crippen LogP contribution >= 0.6 is 11.6 Å². The van der Waals surface area contributed by atoms with E-state index in [0.29, 0.717) is 16.4 Å². The Hall–Kier alpha value is -2.93. The van der Waals surface area contributed by atoms with Crippen molar-refractivity contribution in [3.8, 4) is 0 Å². The van der Waals surface area contributed by atoms with Crippen LogP contribution in [-0.2, 0) is 12.7 Å². The number of halogens is 4. The second kappa shape index (κ2) is 7.98. The number of rotatable bonds is 4. The van der Waals surface area contributed by atoms with Gasteiger partial charge in [0.25, 0.3) is 5.91 Å². The third-order valence-corrected chi connectivity index (χ3v) is 4.29. The van der Waals surface area contributed by atoms with Gasteiger partial charge in [0.2, 0.25) is 0 Å². The second-order valence-corrected chi connectivity index (χ2v) is 6.45. The topological polar surface area (TPSA) is 46.1 Å². The summed E-state index contributed by atoms with van der Waals surface area (Å²) >= 11 is 5.93. The number of carbonyl (C=O) groups is 1. The molecule has 4 nitrogen and oxygen atoms in total. The SMILES string of the molecule is Cc1nc(C(F)(F)F)ccc1C(=O)N(Cc1ccccn1)c1ccc(Cl)cc1. The summed E-state index contributed by atoms with van der Waals surface area (Å²) in [5.74, 6) is -0.480. The number of aromatic nitrogens is 2. The molecule has 0 aliphatic heterocycles. The number of aryl methyl sites for hydroxylation is 1. The van der Waals surface area contributed by atoms with Crippen LogP contribution in [0.4, 0.5) is 18.9 Å². The van der Waals surface area contributed by atoms with E-state index in [-0.39, 0.29) is 17.8 Å². The van der Waals surface area contributed by atoms with Crippen LogP contribution in [0, 0.1) is 6.92 Å². The number of nitrogens with zero attached hydrogens (tertiary/aromatic N) is 3. The van der Waals surface area contributed by atoms with Crippen molar-refractivity contribution in [1.29, 1.82) is 0 Å². The monoisotopic (exact) mass is 405 g/mol. The highest BCUT2D eigenvalue weighted by atomic mass is 35.5. The summed E-state index contributed by atoms with van der Waals surface area (Å²) in [6, 6.07) is 13.8. The van der Waals surface area contributed by atoms with Crippen molar-refractivity contribution in [1.82, 2.24) is 9.97 Å². The van der Waals surface area contributed by atoms with Crippen molar-refractivity contribution in [2.75, 3.05) is 4.90 Å². The molecule has 0 spiro atoms. The van der Waals surface area contributed by atoms with Gasteiger partial charge in [-0.25, -0.2) is 4.98 Å². The molecule has 0 fully saturated rings. The van der Waals surface area contributed by atoms with Crippen molar-refractivity contribution in [2.24, 2.45) is 0 Å². The standard InChI is InChI=1S/C20H15ClF3N3O/c1-13-17(9-10-18(26-13)20(22,23)24)19(28)27(12-15-4-2-3-11-25-15)16-7-5-14(21)6-8-16/h2-11H,12H2,1H3. The molecule has 2 aromatic heterocycles. The number of anilines is 1. The first kappa shape index (κ1) is 19.8. The lowest BCUT2D eigenvalue weighted by Gasteiger charge is -2.23. The molecule has 2 heterocycles. The lowest BCUT2D eigenvalue weighted by Crippen LogP contribution is -2.31. The van der Waals surface area contributed by atoms with E-state index in [0.717, 1.165) is 12.1 Å². The number of pyridine rings is 2. The first-order valence-corrected chi connectivity index (χ1v) is 8.65. The maximum absolute atomic E-state index is 13.2. The summed E-state index contributed by atoms with van der Waals surface area (Å²) in [6.45, 7) is 1.52. The summed E-state index contributed by atoms with van der Waals surface area (Å²) < 4.78 is 38.6. The minimum Gasteiger partial charge on any atom is -0.302 e. The number of hydrogen-bond acceptors (Lipinski definition) is 3. The number of benzene rings is 1. The number of hydrogen-bond donors (Lipinski definition) is 0. The van der Waals surface area contributed by atoms with E-state index < -0.39 is 17.8 Å². The van der Waals surface area contributed by atoms with E-state index in [2.05, 4.69) is 9.97 Å². The lowest BCUT2D eigenvalue weighted by molar-refractivity contribution is -0.141. The first-order valence-electron chi connectivity index (χ1n) is 8.28. The van der Waals surface area contributed by atoms with Gasteiger partial charge in [-0.15, -0.1) is 0 Å². The van der Waals surface area contributed by atoms with E-state index in [9.17, 15) is 18.0 Å². The molecule has 144 valence electrons. The molecule has 0 aliphatic rings. The smallest absolute Gasteiger partial charge is 0.302 e. The predicted molar refractivity (Wildman–Crippen MR) is 100 cm³/mol. The van der Waals surface area contributed by atoms with Crippen LogP contribution in [0.25, 0.3) is 0 Å². The molecule has 0 saturated carbocycles. The second-order valence-electron chi connectivity index (χ2n) is 6.02. The highest BCUT2D eigenvalue weighted by Crippen LogP contribution is 2.29. The molecule has 0 unspecified atom stereocenters. The Kier molecular flexibility index (Phi) is 5.65. The Morgan fingerprint density at radius 2 is 1.79 bits per heavy atom. The quantitative estimate of drug-likeness (QED) is 0.591. The van der Waals surface area contributed by atoms with Gasteiger partial charge in [0, 0.05) is 16.9 Å². The molecule has 0 atom stereocenters. The lowest BCUT2D eigenvalue weighted by atomic mass is 10.1. The van der Waals surface area contributed by atoms with Crippen LogP contribution in [0.5, 0.6) is 0 Å². The molecule has 8 heteroatoms. The first-order chi connectivity index (χ1) is 13.3. The number of amides is 1. The van der Waals surface area contributed by atoms with E-state index in [1.807, 2.05) is 0 Å². The van der Waals surface area contributed by atoms with Crippen molar-refractivity contribution in [2.45, 2.75) is 19.6 Å². The van der Waals surface area contributed by atoms with E-state index in [1.54, 1.807) is 48.7 Å². The van der Waals surface area contributed by atoms with Crippen molar-refractivity contribution < 1.29 is 18.0 Å². The Morgan fingerprint density at radius 1 is 1.07 bits per heavy atom. The van der Waals surface area contributed by atoms with Gasteiger partial charge in [-0.2, -0.15) is 13.2 Å². The van der Waals surface area contributed by atoms with Gasteiger partial charge in [-0.05, 0) is 55.5 Å². The zero-order valence-electron chi connectivity index (χ0n) is 14.7. The van der Waals surface area contributed by atoms with Crippen LogP contribution in [-0.4, -0.2) is 15.9 Å². The van der Waals surface area contributed by atoms with Crippen LogP contribution in [0.15, 0.2) is 60.8 Å². The number of alkyl halides is 3. The third-order valence-electron chi connectivity index (χ3n) is 4.04. The fraction of sp³-hybridized carbons (Fsp3) is 0.150. The molecule has 1 aromatic carbocycles. The van der Waals surface area contributed by atoms with Crippen LogP contribution in [0.1, 0.15) is 27.4 Å². The van der Waals surface area contributed by atoms with Crippen LogP contribution in [0.2, 0.25) is 5.02 Å². The molecule has 0 radical (unpaired) electrons. The van der Waals surface area contributed by atoms with Gasteiger partial charge in [-0.3, -0.25) is 9.78 Å². The Labute approximate surface area is 164 Å². The molecule has 0 aliphatic carbocycles. The maximum Gasteiger partial charge on any atom is 0.433 e. The zero-order chi connectivity index (χ0) is 20.3. The van der Waals surface area contributed by atoms with Gasteiger partial charge < -0.3 is 4.90 Å². The Morgan fingerprint density at radius 3 is 2.36 bits per heavy atom. The van der Waals surface area contributed by atoms with E-state index in [1.165, 1.54) is 11.8 Å². The fourth-order valence-electron chi connectivity index (χ4n) is 2.65. The summed E-state index contributed by atoms with van der Waals surface area (Å²) in [5, 5.41) is 0.501. The summed E-state index contributed by atoms with van der Waals surface area (Å²) in [4.78, 5) is 22.4. The van der Waals surface area contributed by atoms with Gasteiger partial charge in [0.05, 0.1) is 23.5 Å². The van der Waals surface area contributed by atoms with Crippen molar-refractivity contribution in [3.63, 3.8) is 0 Å². The highest BCUT2D eigenvalue weighted by molar-refractivity contribution is 6.30. The molecule has 1 amide bonds. The summed E-state index contributed by atoms with van der Waals surface area (Å²) in [6.07, 6.45) is -2.97. The largest absolute Gasteiger partial charge is 0.433 e. The average Bonchev–Trinajstić information content (AvgIpc) is 2.66. The molecule has 0 saturated heterocycles.